The second-order valence-electron chi connectivity index (χ2n) is 5.84. The van der Waals surface area contributed by atoms with Crippen LogP contribution in [0.3, 0.4) is 0 Å². The summed E-state index contributed by atoms with van der Waals surface area (Å²) in [5, 5.41) is 3.50. The Morgan fingerprint density at radius 2 is 2.12 bits per heavy atom. The number of nitrogens with zero attached hydrogens (tertiary/aromatic N) is 3. The molecule has 0 radical (unpaired) electrons. The van der Waals surface area contributed by atoms with Crippen molar-refractivity contribution >= 4 is 0 Å². The van der Waals surface area contributed by atoms with Gasteiger partial charge in [0.15, 0.2) is 0 Å². The molecular formula is C13H28N4. The van der Waals surface area contributed by atoms with E-state index in [-0.39, 0.29) is 0 Å². The summed E-state index contributed by atoms with van der Waals surface area (Å²) in [4.78, 5) is 7.54. The Morgan fingerprint density at radius 1 is 1.29 bits per heavy atom. The fraction of sp³-hybridized carbons (Fsp3) is 1.00. The topological polar surface area (TPSA) is 21.8 Å². The molecule has 2 aliphatic rings. The molecule has 2 fully saturated rings. The predicted octanol–water partition coefficient (Wildman–Crippen LogP) is -0.0840. The molecule has 2 heterocycles. The monoisotopic (exact) mass is 240 g/mol. The highest BCUT2D eigenvalue weighted by Gasteiger charge is 2.25. The van der Waals surface area contributed by atoms with Crippen molar-refractivity contribution in [3.8, 4) is 0 Å². The maximum absolute atomic E-state index is 3.50. The Bertz CT molecular complexity index is 233. The van der Waals surface area contributed by atoms with Gasteiger partial charge in [0.1, 0.15) is 0 Å². The molecule has 2 aliphatic heterocycles. The Labute approximate surface area is 106 Å². The Morgan fingerprint density at radius 3 is 2.82 bits per heavy atom. The van der Waals surface area contributed by atoms with Crippen LogP contribution in [-0.4, -0.2) is 87.2 Å². The van der Waals surface area contributed by atoms with E-state index < -0.39 is 0 Å². The average Bonchev–Trinajstić information content (AvgIpc) is 2.32. The van der Waals surface area contributed by atoms with Gasteiger partial charge in [-0.25, -0.2) is 0 Å². The van der Waals surface area contributed by atoms with E-state index in [4.69, 9.17) is 0 Å². The molecule has 0 aliphatic carbocycles. The lowest BCUT2D eigenvalue weighted by molar-refractivity contribution is 0.0917. The number of nitrogens with one attached hydrogen (secondary N) is 1. The summed E-state index contributed by atoms with van der Waals surface area (Å²) in [5.74, 6) is 0. The van der Waals surface area contributed by atoms with Crippen LogP contribution in [0.5, 0.6) is 0 Å². The van der Waals surface area contributed by atoms with Crippen LogP contribution in [0.1, 0.15) is 12.8 Å². The van der Waals surface area contributed by atoms with Crippen LogP contribution in [0.2, 0.25) is 0 Å². The number of hydrogen-bond donors (Lipinski definition) is 1. The maximum Gasteiger partial charge on any atom is 0.0345 e. The SMILES string of the molecule is CN1CCCC(N(C)CC2CNCCN2C)C1. The minimum Gasteiger partial charge on any atom is -0.314 e. The Balaban J connectivity index is 1.80. The van der Waals surface area contributed by atoms with Crippen LogP contribution >= 0.6 is 0 Å². The quantitative estimate of drug-likeness (QED) is 0.744. The van der Waals surface area contributed by atoms with Crippen LogP contribution in [0.15, 0.2) is 0 Å². The third kappa shape index (κ3) is 3.65. The van der Waals surface area contributed by atoms with Crippen molar-refractivity contribution in [3.05, 3.63) is 0 Å². The molecule has 4 heteroatoms. The second kappa shape index (κ2) is 6.14. The van der Waals surface area contributed by atoms with E-state index in [1.54, 1.807) is 0 Å². The largest absolute Gasteiger partial charge is 0.314 e. The lowest BCUT2D eigenvalue weighted by Gasteiger charge is -2.40. The average molecular weight is 240 g/mol. The molecule has 2 atom stereocenters. The van der Waals surface area contributed by atoms with E-state index in [0.29, 0.717) is 6.04 Å². The minimum atomic E-state index is 0.681. The molecule has 0 aromatic heterocycles. The van der Waals surface area contributed by atoms with Crippen molar-refractivity contribution < 1.29 is 0 Å². The Kier molecular flexibility index (Phi) is 4.79. The number of piperidine rings is 1. The van der Waals surface area contributed by atoms with Gasteiger partial charge in [-0.05, 0) is 40.5 Å². The van der Waals surface area contributed by atoms with Gasteiger partial charge in [0.25, 0.3) is 0 Å². The first kappa shape index (κ1) is 13.3. The first-order chi connectivity index (χ1) is 8.16. The molecule has 0 aromatic carbocycles. The lowest BCUT2D eigenvalue weighted by Crippen LogP contribution is -2.56. The van der Waals surface area contributed by atoms with E-state index in [9.17, 15) is 0 Å². The van der Waals surface area contributed by atoms with E-state index in [1.165, 1.54) is 39.0 Å². The summed E-state index contributed by atoms with van der Waals surface area (Å²) >= 11 is 0. The molecule has 0 spiro atoms. The van der Waals surface area contributed by atoms with Crippen molar-refractivity contribution in [1.29, 1.82) is 0 Å². The molecule has 0 amide bonds. The van der Waals surface area contributed by atoms with E-state index in [2.05, 4.69) is 41.2 Å². The summed E-state index contributed by atoms with van der Waals surface area (Å²) in [5.41, 5.74) is 0. The summed E-state index contributed by atoms with van der Waals surface area (Å²) in [6, 6.07) is 1.44. The summed E-state index contributed by atoms with van der Waals surface area (Å²) in [6.07, 6.45) is 2.72. The molecule has 2 saturated heterocycles. The molecule has 0 bridgehead atoms. The number of likely N-dealkylation sites (N-methyl/N-ethyl adjacent to an activating group) is 3. The maximum atomic E-state index is 3.50. The van der Waals surface area contributed by atoms with Gasteiger partial charge in [0.05, 0.1) is 0 Å². The van der Waals surface area contributed by atoms with Crippen LogP contribution < -0.4 is 5.32 Å². The molecule has 17 heavy (non-hydrogen) atoms. The second-order valence-corrected chi connectivity index (χ2v) is 5.84. The van der Waals surface area contributed by atoms with Crippen LogP contribution in [0.4, 0.5) is 0 Å². The van der Waals surface area contributed by atoms with Crippen LogP contribution in [0.25, 0.3) is 0 Å². The number of likely N-dealkylation sites (tertiary alicyclic amines) is 1. The Hall–Kier alpha value is -0.160. The van der Waals surface area contributed by atoms with Gasteiger partial charge in [-0.3, -0.25) is 4.90 Å². The van der Waals surface area contributed by atoms with Gasteiger partial charge in [0.2, 0.25) is 0 Å². The third-order valence-electron chi connectivity index (χ3n) is 4.37. The first-order valence-corrected chi connectivity index (χ1v) is 6.96. The van der Waals surface area contributed by atoms with Gasteiger partial charge in [-0.1, -0.05) is 0 Å². The van der Waals surface area contributed by atoms with Crippen molar-refractivity contribution in [2.45, 2.75) is 24.9 Å². The minimum absolute atomic E-state index is 0.681. The molecule has 1 N–H and O–H groups in total. The lowest BCUT2D eigenvalue weighted by atomic mass is 10.0. The highest BCUT2D eigenvalue weighted by molar-refractivity contribution is 4.84. The van der Waals surface area contributed by atoms with Gasteiger partial charge in [-0.2, -0.15) is 0 Å². The zero-order valence-electron chi connectivity index (χ0n) is 11.7. The van der Waals surface area contributed by atoms with Crippen molar-refractivity contribution in [3.63, 3.8) is 0 Å². The fourth-order valence-corrected chi connectivity index (χ4v) is 3.05. The summed E-state index contributed by atoms with van der Waals surface area (Å²) in [6.45, 7) is 7.17. The summed E-state index contributed by atoms with van der Waals surface area (Å²) in [7, 11) is 6.80. The molecule has 2 rings (SSSR count). The summed E-state index contributed by atoms with van der Waals surface area (Å²) < 4.78 is 0. The molecule has 2 unspecified atom stereocenters. The van der Waals surface area contributed by atoms with E-state index >= 15 is 0 Å². The van der Waals surface area contributed by atoms with Gasteiger partial charge >= 0.3 is 0 Å². The zero-order valence-corrected chi connectivity index (χ0v) is 11.7. The first-order valence-electron chi connectivity index (χ1n) is 6.96. The highest BCUT2D eigenvalue weighted by Crippen LogP contribution is 2.14. The fourth-order valence-electron chi connectivity index (χ4n) is 3.05. The molecule has 100 valence electrons. The molecule has 0 aromatic rings. The standard InChI is InChI=1S/C13H28N4/c1-15-7-4-5-12(10-15)17(3)11-13-9-14-6-8-16(13)2/h12-14H,4-11H2,1-3H3. The number of hydrogen-bond acceptors (Lipinski definition) is 4. The smallest absolute Gasteiger partial charge is 0.0345 e. The van der Waals surface area contributed by atoms with E-state index in [0.717, 1.165) is 19.1 Å². The predicted molar refractivity (Wildman–Crippen MR) is 72.4 cm³/mol. The van der Waals surface area contributed by atoms with Crippen molar-refractivity contribution in [1.82, 2.24) is 20.0 Å². The molecule has 4 nitrogen and oxygen atoms in total. The molecular weight excluding hydrogens is 212 g/mol. The molecule has 0 saturated carbocycles. The zero-order chi connectivity index (χ0) is 12.3. The normalized spacial score (nSPS) is 33.2. The van der Waals surface area contributed by atoms with Crippen molar-refractivity contribution in [2.24, 2.45) is 0 Å². The van der Waals surface area contributed by atoms with Gasteiger partial charge in [-0.15, -0.1) is 0 Å². The van der Waals surface area contributed by atoms with Crippen LogP contribution in [-0.2, 0) is 0 Å². The van der Waals surface area contributed by atoms with Gasteiger partial charge in [0, 0.05) is 44.8 Å². The van der Waals surface area contributed by atoms with Gasteiger partial charge < -0.3 is 15.1 Å². The third-order valence-corrected chi connectivity index (χ3v) is 4.37. The van der Waals surface area contributed by atoms with Crippen molar-refractivity contribution in [2.75, 3.05) is 60.4 Å². The van der Waals surface area contributed by atoms with E-state index in [1.807, 2.05) is 0 Å². The highest BCUT2D eigenvalue weighted by atomic mass is 15.3. The van der Waals surface area contributed by atoms with Crippen LogP contribution in [0, 0.1) is 0 Å². The number of piperazine rings is 1. The number of rotatable bonds is 3.